The van der Waals surface area contributed by atoms with E-state index in [-0.39, 0.29) is 11.7 Å². The molecule has 0 amide bonds. The van der Waals surface area contributed by atoms with E-state index < -0.39 is 6.36 Å². The molecule has 1 fully saturated rings. The summed E-state index contributed by atoms with van der Waals surface area (Å²) in [7, 11) is 5.84. The van der Waals surface area contributed by atoms with Crippen LogP contribution in [0.5, 0.6) is 5.75 Å². The summed E-state index contributed by atoms with van der Waals surface area (Å²) in [5.74, 6) is 0.482. The van der Waals surface area contributed by atoms with Gasteiger partial charge in [0.1, 0.15) is 5.75 Å². The van der Waals surface area contributed by atoms with Crippen LogP contribution in [0.25, 0.3) is 0 Å². The summed E-state index contributed by atoms with van der Waals surface area (Å²) in [6.45, 7) is 0. The monoisotopic (exact) mass is 328 g/mol. The summed E-state index contributed by atoms with van der Waals surface area (Å²) in [5.41, 5.74) is 0.908. The molecule has 23 heavy (non-hydrogen) atoms. The highest BCUT2D eigenvalue weighted by Crippen LogP contribution is 2.38. The Hall–Kier alpha value is -1.56. The molecule has 1 saturated carbocycles. The van der Waals surface area contributed by atoms with Crippen LogP contribution < -0.4 is 4.74 Å². The zero-order chi connectivity index (χ0) is 17.0. The fourth-order valence-corrected chi connectivity index (χ4v) is 3.40. The van der Waals surface area contributed by atoms with Crippen molar-refractivity contribution in [3.8, 4) is 5.75 Å². The van der Waals surface area contributed by atoms with Gasteiger partial charge in [-0.1, -0.05) is 12.1 Å². The Balaban J connectivity index is 2.14. The van der Waals surface area contributed by atoms with Crippen molar-refractivity contribution in [2.45, 2.75) is 37.6 Å². The van der Waals surface area contributed by atoms with Crippen LogP contribution in [0.3, 0.4) is 0 Å². The Morgan fingerprint density at radius 2 is 2.00 bits per heavy atom. The zero-order valence-electron chi connectivity index (χ0n) is 13.7. The fraction of sp³-hybridized carbons (Fsp3) is 0.588. The van der Waals surface area contributed by atoms with Crippen molar-refractivity contribution in [3.05, 3.63) is 29.8 Å². The molecule has 0 aliphatic heterocycles. The number of benzene rings is 1. The van der Waals surface area contributed by atoms with Crippen LogP contribution in [0, 0.1) is 5.92 Å². The Morgan fingerprint density at radius 1 is 1.26 bits per heavy atom. The summed E-state index contributed by atoms with van der Waals surface area (Å²) in [6, 6.07) is 6.70. The smallest absolute Gasteiger partial charge is 0.406 e. The summed E-state index contributed by atoms with van der Waals surface area (Å²) in [6.07, 6.45) is 0.162. The number of rotatable bonds is 4. The average molecular weight is 328 g/mol. The lowest BCUT2D eigenvalue weighted by Crippen LogP contribution is -2.40. The minimum absolute atomic E-state index is 0.145. The maximum Gasteiger partial charge on any atom is 0.573 e. The van der Waals surface area contributed by atoms with Gasteiger partial charge in [-0.05, 0) is 57.0 Å². The number of aliphatic imine (C=N–C) groups is 1. The van der Waals surface area contributed by atoms with Crippen LogP contribution in [0.4, 0.5) is 13.2 Å². The summed E-state index contributed by atoms with van der Waals surface area (Å²) < 4.78 is 41.2. The lowest BCUT2D eigenvalue weighted by Gasteiger charge is -2.38. The Labute approximate surface area is 135 Å². The van der Waals surface area contributed by atoms with Crippen molar-refractivity contribution in [1.29, 1.82) is 0 Å². The Morgan fingerprint density at radius 3 is 2.61 bits per heavy atom. The second kappa shape index (κ2) is 7.34. The molecule has 3 nitrogen and oxygen atoms in total. The van der Waals surface area contributed by atoms with Crippen LogP contribution in [0.15, 0.2) is 29.3 Å². The first-order valence-corrected chi connectivity index (χ1v) is 7.74. The maximum atomic E-state index is 12.4. The molecule has 0 aromatic heterocycles. The van der Waals surface area contributed by atoms with E-state index in [0.717, 1.165) is 24.8 Å². The van der Waals surface area contributed by atoms with Crippen molar-refractivity contribution in [1.82, 2.24) is 4.90 Å². The van der Waals surface area contributed by atoms with Crippen molar-refractivity contribution < 1.29 is 17.9 Å². The van der Waals surface area contributed by atoms with E-state index in [1.54, 1.807) is 13.1 Å². The van der Waals surface area contributed by atoms with Crippen molar-refractivity contribution in [2.75, 3.05) is 21.1 Å². The number of nitrogens with zero attached hydrogens (tertiary/aromatic N) is 2. The summed E-state index contributed by atoms with van der Waals surface area (Å²) in [5, 5.41) is 0. The normalized spacial score (nSPS) is 26.0. The molecule has 0 spiro atoms. The second-order valence-electron chi connectivity index (χ2n) is 6.23. The van der Waals surface area contributed by atoms with Crippen LogP contribution in [-0.2, 0) is 0 Å². The lowest BCUT2D eigenvalue weighted by molar-refractivity contribution is -0.274. The SMILES string of the molecule is CN=CC1CC[C@H](c2cccc(OC(F)(F)F)c2)C[C@@H]1N(C)C. The van der Waals surface area contributed by atoms with Gasteiger partial charge in [0.15, 0.2) is 0 Å². The lowest BCUT2D eigenvalue weighted by atomic mass is 9.75. The molecule has 1 aromatic carbocycles. The van der Waals surface area contributed by atoms with Crippen molar-refractivity contribution in [2.24, 2.45) is 10.9 Å². The third kappa shape index (κ3) is 4.96. The van der Waals surface area contributed by atoms with Crippen molar-refractivity contribution in [3.63, 3.8) is 0 Å². The van der Waals surface area contributed by atoms with E-state index in [9.17, 15) is 13.2 Å². The minimum atomic E-state index is -4.65. The topological polar surface area (TPSA) is 24.8 Å². The molecule has 0 radical (unpaired) electrons. The second-order valence-corrected chi connectivity index (χ2v) is 6.23. The first kappa shape index (κ1) is 17.8. The van der Waals surface area contributed by atoms with Gasteiger partial charge in [-0.25, -0.2) is 0 Å². The number of ether oxygens (including phenoxy) is 1. The van der Waals surface area contributed by atoms with E-state index >= 15 is 0 Å². The molecule has 0 heterocycles. The van der Waals surface area contributed by atoms with Gasteiger partial charge in [0.05, 0.1) is 0 Å². The third-order valence-electron chi connectivity index (χ3n) is 4.44. The molecular formula is C17H23F3N2O. The fourth-order valence-electron chi connectivity index (χ4n) is 3.40. The molecule has 3 atom stereocenters. The third-order valence-corrected chi connectivity index (χ3v) is 4.44. The van der Waals surface area contributed by atoms with Crippen molar-refractivity contribution >= 4 is 6.21 Å². The minimum Gasteiger partial charge on any atom is -0.406 e. The number of hydrogen-bond donors (Lipinski definition) is 0. The van der Waals surface area contributed by atoms with Gasteiger partial charge < -0.3 is 14.6 Å². The average Bonchev–Trinajstić information content (AvgIpc) is 2.46. The van der Waals surface area contributed by atoms with Gasteiger partial charge in [-0.15, -0.1) is 13.2 Å². The van der Waals surface area contributed by atoms with Crippen LogP contribution >= 0.6 is 0 Å². The molecule has 0 saturated heterocycles. The van der Waals surface area contributed by atoms with Gasteiger partial charge in [-0.3, -0.25) is 0 Å². The molecule has 1 aliphatic carbocycles. The molecule has 0 N–H and O–H groups in total. The molecule has 1 aromatic rings. The van der Waals surface area contributed by atoms with Crippen LogP contribution in [-0.4, -0.2) is 44.7 Å². The summed E-state index contributed by atoms with van der Waals surface area (Å²) >= 11 is 0. The molecule has 1 aliphatic rings. The number of hydrogen-bond acceptors (Lipinski definition) is 3. The molecule has 6 heteroatoms. The number of halogens is 3. The highest BCUT2D eigenvalue weighted by Gasteiger charge is 2.33. The van der Waals surface area contributed by atoms with Gasteiger partial charge in [0, 0.05) is 25.2 Å². The van der Waals surface area contributed by atoms with Crippen LogP contribution in [0.2, 0.25) is 0 Å². The predicted octanol–water partition coefficient (Wildman–Crippen LogP) is 4.10. The molecule has 0 bridgehead atoms. The standard InChI is InChI=1S/C17H23F3N2O/c1-21-11-14-8-7-13(10-16(14)22(2)3)12-5-4-6-15(9-12)23-17(18,19)20/h4-6,9,11,13-14,16H,7-8,10H2,1-3H3/t13-,14?,16-/m0/s1. The predicted molar refractivity (Wildman–Crippen MR) is 85.1 cm³/mol. The van der Waals surface area contributed by atoms with Crippen LogP contribution in [0.1, 0.15) is 30.7 Å². The van der Waals surface area contributed by atoms with Gasteiger partial charge in [0.2, 0.25) is 0 Å². The van der Waals surface area contributed by atoms with E-state index in [4.69, 9.17) is 0 Å². The highest BCUT2D eigenvalue weighted by atomic mass is 19.4. The van der Waals surface area contributed by atoms with E-state index in [0.29, 0.717) is 12.0 Å². The Bertz CT molecular complexity index is 543. The summed E-state index contributed by atoms with van der Waals surface area (Å²) in [4.78, 5) is 6.32. The largest absolute Gasteiger partial charge is 0.573 e. The zero-order valence-corrected chi connectivity index (χ0v) is 13.7. The van der Waals surface area contributed by atoms with E-state index in [1.807, 2.05) is 26.4 Å². The first-order chi connectivity index (χ1) is 10.8. The van der Waals surface area contributed by atoms with Gasteiger partial charge in [-0.2, -0.15) is 0 Å². The maximum absolute atomic E-state index is 12.4. The molecule has 2 rings (SSSR count). The quantitative estimate of drug-likeness (QED) is 0.777. The molecule has 1 unspecified atom stereocenters. The van der Waals surface area contributed by atoms with E-state index in [1.165, 1.54) is 12.1 Å². The van der Waals surface area contributed by atoms with Gasteiger partial charge in [0.25, 0.3) is 0 Å². The highest BCUT2D eigenvalue weighted by molar-refractivity contribution is 5.62. The molecule has 128 valence electrons. The first-order valence-electron chi connectivity index (χ1n) is 7.74. The Kier molecular flexibility index (Phi) is 5.68. The van der Waals surface area contributed by atoms with E-state index in [2.05, 4.69) is 14.6 Å². The number of alkyl halides is 3. The molecular weight excluding hydrogens is 305 g/mol. The van der Waals surface area contributed by atoms with Gasteiger partial charge >= 0.3 is 6.36 Å².